The van der Waals surface area contributed by atoms with Crippen molar-refractivity contribution in [2.45, 2.75) is 67.8 Å². The molecule has 0 saturated carbocycles. The van der Waals surface area contributed by atoms with Crippen molar-refractivity contribution in [1.29, 1.82) is 0 Å². The van der Waals surface area contributed by atoms with Crippen LogP contribution >= 0.6 is 11.8 Å². The monoisotopic (exact) mass is 362 g/mol. The summed E-state index contributed by atoms with van der Waals surface area (Å²) in [5.74, 6) is 1.80. The summed E-state index contributed by atoms with van der Waals surface area (Å²) >= 11 is 2.04. The lowest BCUT2D eigenvalue weighted by Crippen LogP contribution is -2.53. The van der Waals surface area contributed by atoms with Gasteiger partial charge in [0, 0.05) is 24.1 Å². The van der Waals surface area contributed by atoms with E-state index in [-0.39, 0.29) is 11.6 Å². The minimum Gasteiger partial charge on any atom is -0.362 e. The van der Waals surface area contributed by atoms with Gasteiger partial charge in [0.05, 0.1) is 6.61 Å². The van der Waals surface area contributed by atoms with Crippen molar-refractivity contribution >= 4 is 21.6 Å². The lowest BCUT2D eigenvalue weighted by molar-refractivity contribution is -0.00891. The summed E-state index contributed by atoms with van der Waals surface area (Å²) in [7, 11) is -2.97. The maximum Gasteiger partial charge on any atom is 0.163 e. The van der Waals surface area contributed by atoms with Crippen molar-refractivity contribution in [2.75, 3.05) is 25.2 Å². The first-order valence-corrected chi connectivity index (χ1v) is 11.9. The van der Waals surface area contributed by atoms with Gasteiger partial charge >= 0.3 is 0 Å². The predicted molar refractivity (Wildman–Crippen MR) is 95.4 cm³/mol. The normalized spacial score (nSPS) is 39.4. The molecule has 0 aromatic rings. The van der Waals surface area contributed by atoms with E-state index in [4.69, 9.17) is 4.74 Å². The van der Waals surface area contributed by atoms with Crippen LogP contribution in [-0.2, 0) is 14.6 Å². The number of sulfone groups is 1. The second-order valence-electron chi connectivity index (χ2n) is 7.22. The summed E-state index contributed by atoms with van der Waals surface area (Å²) in [6, 6.07) is 0.456. The van der Waals surface area contributed by atoms with Crippen LogP contribution in [0, 0.1) is 5.92 Å². The molecular weight excluding hydrogens is 332 g/mol. The van der Waals surface area contributed by atoms with Crippen molar-refractivity contribution in [1.82, 2.24) is 10.6 Å². The highest BCUT2D eigenvalue weighted by molar-refractivity contribution is 8.00. The molecule has 0 aromatic heterocycles. The Kier molecular flexibility index (Phi) is 6.29. The van der Waals surface area contributed by atoms with Crippen LogP contribution in [0.4, 0.5) is 0 Å². The Morgan fingerprint density at radius 1 is 1.13 bits per heavy atom. The van der Waals surface area contributed by atoms with Gasteiger partial charge < -0.3 is 10.1 Å². The summed E-state index contributed by atoms with van der Waals surface area (Å²) < 4.78 is 29.4. The molecule has 0 aromatic carbocycles. The van der Waals surface area contributed by atoms with E-state index in [1.807, 2.05) is 11.8 Å². The quantitative estimate of drug-likeness (QED) is 0.776. The third kappa shape index (κ3) is 5.08. The van der Waals surface area contributed by atoms with E-state index in [2.05, 4.69) is 10.6 Å². The summed E-state index contributed by atoms with van der Waals surface area (Å²) in [6.45, 7) is 1.66. The highest BCUT2D eigenvalue weighted by atomic mass is 32.2. The zero-order valence-corrected chi connectivity index (χ0v) is 15.6. The Labute approximate surface area is 144 Å². The smallest absolute Gasteiger partial charge is 0.163 e. The summed E-state index contributed by atoms with van der Waals surface area (Å²) in [5, 5.41) is 7.24. The Balaban J connectivity index is 1.43. The average molecular weight is 363 g/mol. The van der Waals surface area contributed by atoms with Crippen LogP contribution in [0.15, 0.2) is 0 Å². The Bertz CT molecular complexity index is 472. The van der Waals surface area contributed by atoms with Crippen molar-refractivity contribution in [3.8, 4) is 0 Å². The standard InChI is InChI=1S/C16H30N2O3S2/c1-23(19,20)16-8-7-12(10-17-16)14-5-2-6-15(18-14)21-11-13-4-3-9-22-13/h12-18H,2-11H2,1H3. The van der Waals surface area contributed by atoms with Crippen LogP contribution < -0.4 is 10.6 Å². The second-order valence-corrected chi connectivity index (χ2v) is 10.9. The SMILES string of the molecule is CS(=O)(=O)C1CCC(C2CCCC(OCC3CCCS3)N2)CN1. The van der Waals surface area contributed by atoms with E-state index in [9.17, 15) is 8.42 Å². The molecule has 3 heterocycles. The number of nitrogens with one attached hydrogen (secondary N) is 2. The van der Waals surface area contributed by atoms with Crippen LogP contribution in [-0.4, -0.2) is 56.5 Å². The molecule has 2 N–H and O–H groups in total. The second kappa shape index (κ2) is 8.04. The number of hydrogen-bond acceptors (Lipinski definition) is 6. The maximum absolute atomic E-state index is 11.6. The first-order chi connectivity index (χ1) is 11.0. The molecule has 0 spiro atoms. The fourth-order valence-electron chi connectivity index (χ4n) is 3.99. The largest absolute Gasteiger partial charge is 0.362 e. The van der Waals surface area contributed by atoms with Crippen molar-refractivity contribution < 1.29 is 13.2 Å². The number of thioether (sulfide) groups is 1. The summed E-state index contributed by atoms with van der Waals surface area (Å²) in [5.41, 5.74) is 0. The molecule has 134 valence electrons. The fraction of sp³-hybridized carbons (Fsp3) is 1.00. The van der Waals surface area contributed by atoms with E-state index >= 15 is 0 Å². The van der Waals surface area contributed by atoms with Gasteiger partial charge in [-0.1, -0.05) is 0 Å². The molecular formula is C16H30N2O3S2. The molecule has 3 aliphatic heterocycles. The minimum absolute atomic E-state index is 0.183. The maximum atomic E-state index is 11.6. The topological polar surface area (TPSA) is 67.4 Å². The van der Waals surface area contributed by atoms with E-state index in [1.165, 1.54) is 37.7 Å². The lowest BCUT2D eigenvalue weighted by atomic mass is 9.86. The number of rotatable bonds is 5. The zero-order chi connectivity index (χ0) is 16.3. The van der Waals surface area contributed by atoms with Crippen molar-refractivity contribution in [3.63, 3.8) is 0 Å². The number of ether oxygens (including phenoxy) is 1. The third-order valence-electron chi connectivity index (χ3n) is 5.38. The van der Waals surface area contributed by atoms with Gasteiger partial charge in [-0.25, -0.2) is 8.42 Å². The van der Waals surface area contributed by atoms with Gasteiger partial charge in [-0.15, -0.1) is 0 Å². The summed E-state index contributed by atoms with van der Waals surface area (Å²) in [6.07, 6.45) is 9.31. The van der Waals surface area contributed by atoms with Crippen LogP contribution in [0.3, 0.4) is 0 Å². The Hall–Kier alpha value is 0.180. The molecule has 3 fully saturated rings. The average Bonchev–Trinajstić information content (AvgIpc) is 3.06. The minimum atomic E-state index is -2.97. The molecule has 0 aliphatic carbocycles. The van der Waals surface area contributed by atoms with Gasteiger partial charge in [-0.3, -0.25) is 5.32 Å². The van der Waals surface area contributed by atoms with Gasteiger partial charge in [0.1, 0.15) is 11.6 Å². The van der Waals surface area contributed by atoms with Crippen molar-refractivity contribution in [3.05, 3.63) is 0 Å². The molecule has 23 heavy (non-hydrogen) atoms. The van der Waals surface area contributed by atoms with Crippen LogP contribution in [0.1, 0.15) is 44.9 Å². The molecule has 7 heteroatoms. The zero-order valence-electron chi connectivity index (χ0n) is 14.0. The highest BCUT2D eigenvalue weighted by Crippen LogP contribution is 2.29. The molecule has 5 nitrogen and oxygen atoms in total. The van der Waals surface area contributed by atoms with E-state index in [0.717, 1.165) is 32.4 Å². The van der Waals surface area contributed by atoms with E-state index in [0.29, 0.717) is 17.2 Å². The van der Waals surface area contributed by atoms with Crippen LogP contribution in [0.25, 0.3) is 0 Å². The molecule has 5 atom stereocenters. The number of piperidine rings is 2. The van der Waals surface area contributed by atoms with Gasteiger partial charge in [0.15, 0.2) is 9.84 Å². The molecule has 3 rings (SSSR count). The van der Waals surface area contributed by atoms with Crippen LogP contribution in [0.5, 0.6) is 0 Å². The molecule has 3 aliphatic rings. The first-order valence-electron chi connectivity index (χ1n) is 8.94. The first kappa shape index (κ1) is 18.0. The predicted octanol–water partition coefficient (Wildman–Crippen LogP) is 1.74. The Morgan fingerprint density at radius 2 is 2.00 bits per heavy atom. The van der Waals surface area contributed by atoms with Gasteiger partial charge in [-0.05, 0) is 56.6 Å². The molecule has 3 saturated heterocycles. The van der Waals surface area contributed by atoms with Crippen molar-refractivity contribution in [2.24, 2.45) is 5.92 Å². The Morgan fingerprint density at radius 3 is 2.65 bits per heavy atom. The molecule has 0 bridgehead atoms. The number of hydrogen-bond donors (Lipinski definition) is 2. The lowest BCUT2D eigenvalue weighted by Gasteiger charge is -2.39. The van der Waals surface area contributed by atoms with Gasteiger partial charge in [0.25, 0.3) is 0 Å². The van der Waals surface area contributed by atoms with E-state index < -0.39 is 9.84 Å². The molecule has 0 amide bonds. The molecule has 0 radical (unpaired) electrons. The van der Waals surface area contributed by atoms with Crippen LogP contribution in [0.2, 0.25) is 0 Å². The van der Waals surface area contributed by atoms with E-state index in [1.54, 1.807) is 0 Å². The fourth-order valence-corrected chi connectivity index (χ4v) is 6.13. The van der Waals surface area contributed by atoms with Gasteiger partial charge in [-0.2, -0.15) is 11.8 Å². The summed E-state index contributed by atoms with van der Waals surface area (Å²) in [4.78, 5) is 0. The highest BCUT2D eigenvalue weighted by Gasteiger charge is 2.34. The van der Waals surface area contributed by atoms with Gasteiger partial charge in [0.2, 0.25) is 0 Å². The molecule has 5 unspecified atom stereocenters. The third-order valence-corrected chi connectivity index (χ3v) is 8.19.